The number of rotatable bonds is 9. The van der Waals surface area contributed by atoms with Crippen molar-refractivity contribution in [2.24, 2.45) is 0 Å². The smallest absolute Gasteiger partial charge is 0.221 e. The van der Waals surface area contributed by atoms with Gasteiger partial charge in [0.15, 0.2) is 0 Å². The lowest BCUT2D eigenvalue weighted by atomic mass is 10.1. The van der Waals surface area contributed by atoms with Gasteiger partial charge in [0.2, 0.25) is 11.8 Å². The van der Waals surface area contributed by atoms with Crippen LogP contribution in [0.3, 0.4) is 0 Å². The Labute approximate surface area is 169 Å². The molecule has 5 nitrogen and oxygen atoms in total. The fraction of sp³-hybridized carbons (Fsp3) is 0.619. The van der Waals surface area contributed by atoms with E-state index < -0.39 is 0 Å². The Kier molecular flexibility index (Phi) is 11.8. The van der Waals surface area contributed by atoms with Crippen molar-refractivity contribution in [3.8, 4) is 0 Å². The topological polar surface area (TPSA) is 61.4 Å². The monoisotopic (exact) mass is 395 g/mol. The van der Waals surface area contributed by atoms with Gasteiger partial charge in [-0.15, -0.1) is 12.4 Å². The molecule has 1 aliphatic rings. The Balaban J connectivity index is 0.00000364. The van der Waals surface area contributed by atoms with Gasteiger partial charge in [-0.1, -0.05) is 56.0 Å². The highest BCUT2D eigenvalue weighted by Crippen LogP contribution is 2.16. The molecule has 0 saturated heterocycles. The van der Waals surface area contributed by atoms with E-state index in [9.17, 15) is 9.59 Å². The third-order valence-electron chi connectivity index (χ3n) is 5.01. The zero-order valence-electron chi connectivity index (χ0n) is 16.4. The van der Waals surface area contributed by atoms with Crippen LogP contribution < -0.4 is 10.6 Å². The molecule has 0 aliphatic heterocycles. The van der Waals surface area contributed by atoms with Gasteiger partial charge in [0, 0.05) is 45.6 Å². The Hall–Kier alpha value is -1.59. The fourth-order valence-electron chi connectivity index (χ4n) is 3.44. The van der Waals surface area contributed by atoms with Gasteiger partial charge in [-0.05, 0) is 18.4 Å². The normalized spacial score (nSPS) is 14.7. The Morgan fingerprint density at radius 1 is 1.04 bits per heavy atom. The minimum atomic E-state index is -0.00307. The number of benzene rings is 1. The number of hydrogen-bond acceptors (Lipinski definition) is 3. The Bertz CT molecular complexity index is 546. The molecule has 1 aliphatic carbocycles. The highest BCUT2D eigenvalue weighted by Gasteiger charge is 2.13. The second-order valence-corrected chi connectivity index (χ2v) is 7.17. The summed E-state index contributed by atoms with van der Waals surface area (Å²) in [4.78, 5) is 25.6. The molecule has 0 heterocycles. The summed E-state index contributed by atoms with van der Waals surface area (Å²) >= 11 is 0. The van der Waals surface area contributed by atoms with E-state index in [0.29, 0.717) is 32.1 Å². The van der Waals surface area contributed by atoms with Gasteiger partial charge in [-0.3, -0.25) is 9.59 Å². The molecule has 1 fully saturated rings. The summed E-state index contributed by atoms with van der Waals surface area (Å²) in [7, 11) is 0. The molecule has 0 aromatic heterocycles. The number of amides is 2. The maximum absolute atomic E-state index is 12.1. The van der Waals surface area contributed by atoms with Gasteiger partial charge in [-0.2, -0.15) is 0 Å². The summed E-state index contributed by atoms with van der Waals surface area (Å²) in [6.45, 7) is 4.02. The standard InChI is InChI=1S/C21H33N3O2.ClH/c1-18(25)24(17-19-9-5-4-6-10-19)16-13-21(26)23-15-14-22-20-11-7-2-3-8-12-20;/h4-6,9-10,20,22H,2-3,7-8,11-17H2,1H3,(H,23,26);1H. The number of carbonyl (C=O) groups is 2. The maximum Gasteiger partial charge on any atom is 0.221 e. The van der Waals surface area contributed by atoms with Gasteiger partial charge in [0.05, 0.1) is 0 Å². The van der Waals surface area contributed by atoms with Gasteiger partial charge >= 0.3 is 0 Å². The second-order valence-electron chi connectivity index (χ2n) is 7.17. The highest BCUT2D eigenvalue weighted by molar-refractivity contribution is 5.85. The first-order valence-corrected chi connectivity index (χ1v) is 9.94. The van der Waals surface area contributed by atoms with Crippen LogP contribution in [-0.4, -0.2) is 42.4 Å². The molecule has 152 valence electrons. The highest BCUT2D eigenvalue weighted by atomic mass is 35.5. The van der Waals surface area contributed by atoms with Gasteiger partial charge in [0.25, 0.3) is 0 Å². The van der Waals surface area contributed by atoms with Crippen LogP contribution in [0.5, 0.6) is 0 Å². The van der Waals surface area contributed by atoms with Gasteiger partial charge in [-0.25, -0.2) is 0 Å². The average Bonchev–Trinajstić information content (AvgIpc) is 2.91. The van der Waals surface area contributed by atoms with Crippen molar-refractivity contribution < 1.29 is 9.59 Å². The quantitative estimate of drug-likeness (QED) is 0.498. The van der Waals surface area contributed by atoms with E-state index in [1.54, 1.807) is 11.8 Å². The van der Waals surface area contributed by atoms with Crippen molar-refractivity contribution >= 4 is 24.2 Å². The minimum Gasteiger partial charge on any atom is -0.355 e. The fourth-order valence-corrected chi connectivity index (χ4v) is 3.44. The molecule has 1 aromatic carbocycles. The first kappa shape index (κ1) is 23.4. The summed E-state index contributed by atoms with van der Waals surface area (Å²) in [6, 6.07) is 10.5. The lowest BCUT2D eigenvalue weighted by Crippen LogP contribution is -2.38. The van der Waals surface area contributed by atoms with Crippen molar-refractivity contribution in [3.05, 3.63) is 35.9 Å². The lowest BCUT2D eigenvalue weighted by molar-refractivity contribution is -0.130. The summed E-state index contributed by atoms with van der Waals surface area (Å²) in [5.41, 5.74) is 1.08. The van der Waals surface area contributed by atoms with E-state index in [-0.39, 0.29) is 24.2 Å². The molecule has 1 saturated carbocycles. The molecular formula is C21H34ClN3O2. The SMILES string of the molecule is CC(=O)N(CCC(=O)NCCNC1CCCCCC1)Cc1ccccc1.Cl. The molecule has 0 spiro atoms. The summed E-state index contributed by atoms with van der Waals surface area (Å²) in [5.74, 6) is 0.00339. The number of nitrogens with one attached hydrogen (secondary N) is 2. The van der Waals surface area contributed by atoms with E-state index in [4.69, 9.17) is 0 Å². The predicted octanol–water partition coefficient (Wildman–Crippen LogP) is 3.28. The molecule has 6 heteroatoms. The molecule has 2 N–H and O–H groups in total. The number of nitrogens with zero attached hydrogens (tertiary/aromatic N) is 1. The van der Waals surface area contributed by atoms with Crippen LogP contribution in [0.4, 0.5) is 0 Å². The van der Waals surface area contributed by atoms with Crippen molar-refractivity contribution in [1.29, 1.82) is 0 Å². The van der Waals surface area contributed by atoms with Crippen LogP contribution in [0.1, 0.15) is 57.4 Å². The first-order valence-electron chi connectivity index (χ1n) is 9.94. The lowest BCUT2D eigenvalue weighted by Gasteiger charge is -2.21. The number of halogens is 1. The van der Waals surface area contributed by atoms with Gasteiger partial charge in [0.1, 0.15) is 0 Å². The summed E-state index contributed by atoms with van der Waals surface area (Å²) in [5, 5.41) is 6.51. The first-order chi connectivity index (χ1) is 12.6. The van der Waals surface area contributed by atoms with E-state index in [2.05, 4.69) is 10.6 Å². The zero-order chi connectivity index (χ0) is 18.6. The minimum absolute atomic E-state index is 0. The average molecular weight is 396 g/mol. The zero-order valence-corrected chi connectivity index (χ0v) is 17.2. The van der Waals surface area contributed by atoms with Crippen LogP contribution in [-0.2, 0) is 16.1 Å². The van der Waals surface area contributed by atoms with Crippen LogP contribution in [0.2, 0.25) is 0 Å². The molecule has 1 aromatic rings. The third-order valence-corrected chi connectivity index (χ3v) is 5.01. The predicted molar refractivity (Wildman–Crippen MR) is 112 cm³/mol. The van der Waals surface area contributed by atoms with Crippen LogP contribution in [0, 0.1) is 0 Å². The molecule has 2 amide bonds. The van der Waals surface area contributed by atoms with Crippen molar-refractivity contribution in [2.75, 3.05) is 19.6 Å². The summed E-state index contributed by atoms with van der Waals surface area (Å²) < 4.78 is 0. The Morgan fingerprint density at radius 3 is 2.33 bits per heavy atom. The second kappa shape index (κ2) is 13.6. The molecule has 0 bridgehead atoms. The van der Waals surface area contributed by atoms with Crippen molar-refractivity contribution in [1.82, 2.24) is 15.5 Å². The van der Waals surface area contributed by atoms with E-state index >= 15 is 0 Å². The number of carbonyl (C=O) groups excluding carboxylic acids is 2. The maximum atomic E-state index is 12.1. The van der Waals surface area contributed by atoms with Crippen LogP contribution in [0.25, 0.3) is 0 Å². The Morgan fingerprint density at radius 2 is 1.70 bits per heavy atom. The third kappa shape index (κ3) is 9.78. The van der Waals surface area contributed by atoms with Crippen LogP contribution >= 0.6 is 12.4 Å². The van der Waals surface area contributed by atoms with Crippen LogP contribution in [0.15, 0.2) is 30.3 Å². The van der Waals surface area contributed by atoms with Gasteiger partial charge < -0.3 is 15.5 Å². The molecule has 0 radical (unpaired) electrons. The van der Waals surface area contributed by atoms with Crippen molar-refractivity contribution in [3.63, 3.8) is 0 Å². The summed E-state index contributed by atoms with van der Waals surface area (Å²) in [6.07, 6.45) is 8.17. The molecule has 27 heavy (non-hydrogen) atoms. The molecule has 0 atom stereocenters. The molecule has 0 unspecified atom stereocenters. The largest absolute Gasteiger partial charge is 0.355 e. The molecule has 2 rings (SSSR count). The number of hydrogen-bond donors (Lipinski definition) is 2. The van der Waals surface area contributed by atoms with E-state index in [0.717, 1.165) is 12.1 Å². The van der Waals surface area contributed by atoms with Crippen molar-refractivity contribution in [2.45, 2.75) is 64.5 Å². The van der Waals surface area contributed by atoms with E-state index in [1.165, 1.54) is 38.5 Å². The molecular weight excluding hydrogens is 362 g/mol. The van der Waals surface area contributed by atoms with E-state index in [1.807, 2.05) is 30.3 Å².